The summed E-state index contributed by atoms with van der Waals surface area (Å²) in [6, 6.07) is 0. The van der Waals surface area contributed by atoms with Crippen LogP contribution in [0.1, 0.15) is 27.7 Å². The molecule has 70 valence electrons. The van der Waals surface area contributed by atoms with Crippen LogP contribution in [0, 0.1) is 0 Å². The minimum Gasteiger partial charge on any atom is -0.457 e. The predicted octanol–water partition coefficient (Wildman–Crippen LogP) is 1.23. The first kappa shape index (κ1) is 11.2. The van der Waals surface area contributed by atoms with Gasteiger partial charge in [0, 0.05) is 11.1 Å². The highest BCUT2D eigenvalue weighted by atomic mass is 16.5. The van der Waals surface area contributed by atoms with Gasteiger partial charge in [-0.1, -0.05) is 6.58 Å². The molecule has 0 aromatic carbocycles. The largest absolute Gasteiger partial charge is 0.457 e. The summed E-state index contributed by atoms with van der Waals surface area (Å²) < 4.78 is 5.01. The summed E-state index contributed by atoms with van der Waals surface area (Å²) in [6.45, 7) is 10.5. The molecule has 0 aliphatic carbocycles. The Morgan fingerprint density at radius 1 is 1.58 bits per heavy atom. The summed E-state index contributed by atoms with van der Waals surface area (Å²) in [4.78, 5) is 11.0. The monoisotopic (exact) mass is 171 g/mol. The lowest BCUT2D eigenvalue weighted by molar-refractivity contribution is -0.146. The van der Waals surface area contributed by atoms with Gasteiger partial charge in [0.15, 0.2) is 0 Å². The third-order valence-corrected chi connectivity index (χ3v) is 1.68. The molecule has 3 heteroatoms. The maximum absolute atomic E-state index is 11.0. The molecule has 1 atom stereocenters. The van der Waals surface area contributed by atoms with Gasteiger partial charge in [-0.25, -0.2) is 4.79 Å². The highest BCUT2D eigenvalue weighted by Gasteiger charge is 2.24. The molecule has 0 aliphatic heterocycles. The van der Waals surface area contributed by atoms with Crippen LogP contribution in [0.2, 0.25) is 0 Å². The van der Waals surface area contributed by atoms with Crippen molar-refractivity contribution in [2.75, 3.05) is 0 Å². The molecule has 0 fully saturated rings. The van der Waals surface area contributed by atoms with Gasteiger partial charge in [0.25, 0.3) is 0 Å². The number of nitrogens with two attached hydrogens (primary N) is 1. The van der Waals surface area contributed by atoms with Crippen molar-refractivity contribution in [2.45, 2.75) is 39.3 Å². The van der Waals surface area contributed by atoms with Crippen molar-refractivity contribution in [3.05, 3.63) is 12.2 Å². The SMILES string of the molecule is C=C(C)C(=O)OC(C)C(C)(C)N. The molecule has 0 amide bonds. The van der Waals surface area contributed by atoms with Crippen LogP contribution >= 0.6 is 0 Å². The van der Waals surface area contributed by atoms with Gasteiger partial charge in [-0.05, 0) is 27.7 Å². The standard InChI is InChI=1S/C9H17NO2/c1-6(2)8(11)12-7(3)9(4,5)10/h7H,1,10H2,2-5H3. The third-order valence-electron chi connectivity index (χ3n) is 1.68. The Kier molecular flexibility index (Phi) is 3.46. The Labute approximate surface area is 73.6 Å². The number of ether oxygens (including phenoxy) is 1. The lowest BCUT2D eigenvalue weighted by Crippen LogP contribution is -2.45. The molecule has 0 rings (SSSR count). The Morgan fingerprint density at radius 2 is 2.00 bits per heavy atom. The van der Waals surface area contributed by atoms with E-state index in [-0.39, 0.29) is 12.1 Å². The van der Waals surface area contributed by atoms with E-state index < -0.39 is 5.54 Å². The maximum Gasteiger partial charge on any atom is 0.333 e. The average molecular weight is 171 g/mol. The molecule has 12 heavy (non-hydrogen) atoms. The summed E-state index contributed by atoms with van der Waals surface area (Å²) in [5.41, 5.74) is 5.61. The smallest absolute Gasteiger partial charge is 0.333 e. The number of carbonyl (C=O) groups excluding carboxylic acids is 1. The topological polar surface area (TPSA) is 52.3 Å². The Morgan fingerprint density at radius 3 is 2.25 bits per heavy atom. The van der Waals surface area contributed by atoms with Crippen LogP contribution in [0.25, 0.3) is 0 Å². The number of hydrogen-bond acceptors (Lipinski definition) is 3. The lowest BCUT2D eigenvalue weighted by atomic mass is 10.0. The quantitative estimate of drug-likeness (QED) is 0.513. The van der Waals surface area contributed by atoms with Gasteiger partial charge in [-0.15, -0.1) is 0 Å². The van der Waals surface area contributed by atoms with Gasteiger partial charge in [0.05, 0.1) is 0 Å². The molecule has 0 bridgehead atoms. The van der Waals surface area contributed by atoms with E-state index in [1.54, 1.807) is 13.8 Å². The zero-order valence-electron chi connectivity index (χ0n) is 8.18. The van der Waals surface area contributed by atoms with E-state index >= 15 is 0 Å². The van der Waals surface area contributed by atoms with Crippen molar-refractivity contribution in [3.63, 3.8) is 0 Å². The molecule has 0 aromatic heterocycles. The number of carbonyl (C=O) groups is 1. The van der Waals surface area contributed by atoms with Gasteiger partial charge < -0.3 is 10.5 Å². The first-order chi connectivity index (χ1) is 5.25. The Hall–Kier alpha value is -0.830. The van der Waals surface area contributed by atoms with Crippen LogP contribution in [-0.2, 0) is 9.53 Å². The predicted molar refractivity (Wildman–Crippen MR) is 48.6 cm³/mol. The van der Waals surface area contributed by atoms with Gasteiger partial charge in [-0.3, -0.25) is 0 Å². The van der Waals surface area contributed by atoms with E-state index in [0.29, 0.717) is 5.57 Å². The van der Waals surface area contributed by atoms with E-state index in [1.165, 1.54) is 0 Å². The zero-order valence-corrected chi connectivity index (χ0v) is 8.18. The summed E-state index contributed by atoms with van der Waals surface area (Å²) in [5, 5.41) is 0. The average Bonchev–Trinajstić information content (AvgIpc) is 1.85. The van der Waals surface area contributed by atoms with Crippen LogP contribution in [0.5, 0.6) is 0 Å². The van der Waals surface area contributed by atoms with Crippen molar-refractivity contribution in [1.82, 2.24) is 0 Å². The molecule has 0 aromatic rings. The lowest BCUT2D eigenvalue weighted by Gasteiger charge is -2.26. The second-order valence-electron chi connectivity index (χ2n) is 3.65. The second-order valence-corrected chi connectivity index (χ2v) is 3.65. The van der Waals surface area contributed by atoms with E-state index in [2.05, 4.69) is 6.58 Å². The fourth-order valence-electron chi connectivity index (χ4n) is 0.413. The van der Waals surface area contributed by atoms with Crippen molar-refractivity contribution < 1.29 is 9.53 Å². The fraction of sp³-hybridized carbons (Fsp3) is 0.667. The normalized spacial score (nSPS) is 13.8. The fourth-order valence-corrected chi connectivity index (χ4v) is 0.413. The van der Waals surface area contributed by atoms with Crippen molar-refractivity contribution in [1.29, 1.82) is 0 Å². The van der Waals surface area contributed by atoms with Crippen molar-refractivity contribution in [3.8, 4) is 0 Å². The highest BCUT2D eigenvalue weighted by molar-refractivity contribution is 5.87. The minimum atomic E-state index is -0.509. The van der Waals surface area contributed by atoms with E-state index in [0.717, 1.165) is 0 Å². The summed E-state index contributed by atoms with van der Waals surface area (Å²) in [7, 11) is 0. The Bertz CT molecular complexity index is 191. The molecule has 0 radical (unpaired) electrons. The number of esters is 1. The maximum atomic E-state index is 11.0. The first-order valence-corrected chi connectivity index (χ1v) is 3.90. The van der Waals surface area contributed by atoms with Gasteiger partial charge in [-0.2, -0.15) is 0 Å². The summed E-state index contributed by atoms with van der Waals surface area (Å²) in [5.74, 6) is -0.388. The Balaban J connectivity index is 4.11. The number of rotatable bonds is 3. The van der Waals surface area contributed by atoms with Crippen LogP contribution in [-0.4, -0.2) is 17.6 Å². The molecule has 0 saturated heterocycles. The molecule has 3 nitrogen and oxygen atoms in total. The van der Waals surface area contributed by atoms with Gasteiger partial charge >= 0.3 is 5.97 Å². The molecular formula is C9H17NO2. The summed E-state index contributed by atoms with van der Waals surface area (Å²) >= 11 is 0. The first-order valence-electron chi connectivity index (χ1n) is 3.90. The zero-order chi connectivity index (χ0) is 9.94. The molecule has 2 N–H and O–H groups in total. The van der Waals surface area contributed by atoms with Gasteiger partial charge in [0.2, 0.25) is 0 Å². The van der Waals surface area contributed by atoms with Crippen LogP contribution in [0.15, 0.2) is 12.2 Å². The van der Waals surface area contributed by atoms with Crippen LogP contribution in [0.3, 0.4) is 0 Å². The molecule has 0 spiro atoms. The molecule has 0 aliphatic rings. The second kappa shape index (κ2) is 3.72. The van der Waals surface area contributed by atoms with Crippen LogP contribution in [0.4, 0.5) is 0 Å². The van der Waals surface area contributed by atoms with E-state index in [1.807, 2.05) is 13.8 Å². The van der Waals surface area contributed by atoms with Crippen molar-refractivity contribution in [2.24, 2.45) is 5.73 Å². The third kappa shape index (κ3) is 3.53. The van der Waals surface area contributed by atoms with Crippen molar-refractivity contribution >= 4 is 5.97 Å². The number of hydrogen-bond donors (Lipinski definition) is 1. The molecular weight excluding hydrogens is 154 g/mol. The molecule has 1 unspecified atom stereocenters. The highest BCUT2D eigenvalue weighted by Crippen LogP contribution is 2.10. The van der Waals surface area contributed by atoms with Gasteiger partial charge in [0.1, 0.15) is 6.10 Å². The van der Waals surface area contributed by atoms with E-state index in [4.69, 9.17) is 10.5 Å². The minimum absolute atomic E-state index is 0.304. The summed E-state index contributed by atoms with van der Waals surface area (Å²) in [6.07, 6.45) is -0.304. The van der Waals surface area contributed by atoms with E-state index in [9.17, 15) is 4.79 Å². The van der Waals surface area contributed by atoms with Crippen LogP contribution < -0.4 is 5.73 Å². The molecule has 0 saturated carbocycles. The molecule has 0 heterocycles.